The molecule has 0 radical (unpaired) electrons. The maximum Gasteiger partial charge on any atom is 0.287 e. The van der Waals surface area contributed by atoms with Crippen LogP contribution in [0.15, 0.2) is 47.5 Å². The normalized spacial score (nSPS) is 12.6. The van der Waals surface area contributed by atoms with E-state index in [4.69, 9.17) is 0 Å². The fourth-order valence-electron chi connectivity index (χ4n) is 2.04. The first kappa shape index (κ1) is 16.9. The molecule has 7 nitrogen and oxygen atoms in total. The Kier molecular flexibility index (Phi) is 4.95. The molecule has 1 aromatic heterocycles. The van der Waals surface area contributed by atoms with Crippen molar-refractivity contribution in [3.8, 4) is 0 Å². The second kappa shape index (κ2) is 6.74. The predicted octanol–water partition coefficient (Wildman–Crippen LogP) is 2.57. The van der Waals surface area contributed by atoms with E-state index in [1.807, 2.05) is 6.92 Å². The molecule has 2 rings (SSSR count). The summed E-state index contributed by atoms with van der Waals surface area (Å²) >= 11 is 0. The van der Waals surface area contributed by atoms with Gasteiger partial charge in [-0.05, 0) is 32.0 Å². The van der Waals surface area contributed by atoms with E-state index in [9.17, 15) is 18.5 Å². The standard InChI is InChI=1S/C15H17N3O4S/c1-11-3-6-14(7-4-11)23(21,22)10-12(2)17-15-8-5-13(9-16-15)18(19)20/h3-9,12H,10H2,1-2H3,(H,16,17)/t12-/m1/s1. The summed E-state index contributed by atoms with van der Waals surface area (Å²) in [7, 11) is -3.42. The Morgan fingerprint density at radius 1 is 1.22 bits per heavy atom. The van der Waals surface area contributed by atoms with Crippen LogP contribution in [0.3, 0.4) is 0 Å². The van der Waals surface area contributed by atoms with Crippen molar-refractivity contribution >= 4 is 21.3 Å². The minimum Gasteiger partial charge on any atom is -0.367 e. The zero-order valence-electron chi connectivity index (χ0n) is 12.8. The number of nitrogens with zero attached hydrogens (tertiary/aromatic N) is 2. The van der Waals surface area contributed by atoms with Gasteiger partial charge in [-0.1, -0.05) is 17.7 Å². The fraction of sp³-hybridized carbons (Fsp3) is 0.267. The monoisotopic (exact) mass is 335 g/mol. The lowest BCUT2D eigenvalue weighted by atomic mass is 10.2. The van der Waals surface area contributed by atoms with Crippen LogP contribution >= 0.6 is 0 Å². The molecular formula is C15H17N3O4S. The number of aryl methyl sites for hydroxylation is 1. The number of benzene rings is 1. The van der Waals surface area contributed by atoms with Crippen molar-refractivity contribution < 1.29 is 13.3 Å². The number of hydrogen-bond donors (Lipinski definition) is 1. The maximum atomic E-state index is 12.3. The minimum absolute atomic E-state index is 0.102. The van der Waals surface area contributed by atoms with Crippen molar-refractivity contribution in [3.63, 3.8) is 0 Å². The van der Waals surface area contributed by atoms with Crippen LogP contribution < -0.4 is 5.32 Å². The molecule has 0 aliphatic heterocycles. The van der Waals surface area contributed by atoms with Gasteiger partial charge in [0, 0.05) is 12.1 Å². The van der Waals surface area contributed by atoms with Crippen LogP contribution in [0.25, 0.3) is 0 Å². The molecule has 8 heteroatoms. The van der Waals surface area contributed by atoms with Crippen LogP contribution in [-0.2, 0) is 9.84 Å². The molecule has 0 fully saturated rings. The van der Waals surface area contributed by atoms with E-state index in [2.05, 4.69) is 10.3 Å². The van der Waals surface area contributed by atoms with Crippen molar-refractivity contribution in [1.82, 2.24) is 4.98 Å². The van der Waals surface area contributed by atoms with Crippen LogP contribution in [0.2, 0.25) is 0 Å². The Labute approximate surface area is 134 Å². The number of nitro groups is 1. The van der Waals surface area contributed by atoms with Crippen LogP contribution in [0.5, 0.6) is 0 Å². The summed E-state index contributed by atoms with van der Waals surface area (Å²) in [5, 5.41) is 13.5. The molecule has 1 aromatic carbocycles. The molecular weight excluding hydrogens is 318 g/mol. The topological polar surface area (TPSA) is 102 Å². The van der Waals surface area contributed by atoms with Crippen LogP contribution in [0, 0.1) is 17.0 Å². The van der Waals surface area contributed by atoms with Crippen LogP contribution in [0.1, 0.15) is 12.5 Å². The van der Waals surface area contributed by atoms with E-state index in [0.29, 0.717) is 5.82 Å². The van der Waals surface area contributed by atoms with E-state index in [0.717, 1.165) is 11.8 Å². The van der Waals surface area contributed by atoms with Gasteiger partial charge in [-0.3, -0.25) is 10.1 Å². The third kappa shape index (κ3) is 4.49. The van der Waals surface area contributed by atoms with Gasteiger partial charge in [0.2, 0.25) is 0 Å². The smallest absolute Gasteiger partial charge is 0.287 e. The van der Waals surface area contributed by atoms with Gasteiger partial charge >= 0.3 is 0 Å². The van der Waals surface area contributed by atoms with Crippen molar-refractivity contribution in [2.45, 2.75) is 24.8 Å². The van der Waals surface area contributed by atoms with E-state index in [1.165, 1.54) is 12.1 Å². The first-order valence-electron chi connectivity index (χ1n) is 6.94. The Morgan fingerprint density at radius 2 is 1.87 bits per heavy atom. The molecule has 0 aliphatic rings. The summed E-state index contributed by atoms with van der Waals surface area (Å²) in [5.74, 6) is 0.288. The average molecular weight is 335 g/mol. The van der Waals surface area contributed by atoms with Crippen LogP contribution in [0.4, 0.5) is 11.5 Å². The van der Waals surface area contributed by atoms with E-state index < -0.39 is 20.8 Å². The van der Waals surface area contributed by atoms with E-state index in [1.54, 1.807) is 31.2 Å². The number of nitrogens with one attached hydrogen (secondary N) is 1. The molecule has 2 aromatic rings. The van der Waals surface area contributed by atoms with Crippen LogP contribution in [-0.4, -0.2) is 30.1 Å². The molecule has 122 valence electrons. The van der Waals surface area contributed by atoms with Crippen molar-refractivity contribution in [2.24, 2.45) is 0 Å². The highest BCUT2D eigenvalue weighted by Gasteiger charge is 2.18. The number of hydrogen-bond acceptors (Lipinski definition) is 6. The highest BCUT2D eigenvalue weighted by molar-refractivity contribution is 7.91. The van der Waals surface area contributed by atoms with Gasteiger partial charge in [0.05, 0.1) is 15.6 Å². The molecule has 0 saturated carbocycles. The quantitative estimate of drug-likeness (QED) is 0.643. The second-order valence-corrected chi connectivity index (χ2v) is 7.33. The molecule has 0 bridgehead atoms. The Bertz CT molecular complexity index is 786. The number of rotatable bonds is 6. The van der Waals surface area contributed by atoms with Gasteiger partial charge in [-0.25, -0.2) is 13.4 Å². The summed E-state index contributed by atoms with van der Waals surface area (Å²) in [6.07, 6.45) is 1.13. The van der Waals surface area contributed by atoms with E-state index >= 15 is 0 Å². The zero-order valence-corrected chi connectivity index (χ0v) is 13.6. The average Bonchev–Trinajstić information content (AvgIpc) is 2.47. The molecule has 23 heavy (non-hydrogen) atoms. The first-order valence-corrected chi connectivity index (χ1v) is 8.59. The van der Waals surface area contributed by atoms with Gasteiger partial charge in [0.25, 0.3) is 5.69 Å². The molecule has 0 unspecified atom stereocenters. The third-order valence-electron chi connectivity index (χ3n) is 3.20. The molecule has 0 saturated heterocycles. The molecule has 1 heterocycles. The SMILES string of the molecule is Cc1ccc(S(=O)(=O)C[C@@H](C)Nc2ccc([N+](=O)[O-])cn2)cc1. The first-order chi connectivity index (χ1) is 10.8. The molecule has 0 aliphatic carbocycles. The number of sulfone groups is 1. The van der Waals surface area contributed by atoms with Gasteiger partial charge in [-0.15, -0.1) is 0 Å². The largest absolute Gasteiger partial charge is 0.367 e. The Hall–Kier alpha value is -2.48. The molecule has 0 amide bonds. The van der Waals surface area contributed by atoms with Gasteiger partial charge < -0.3 is 5.32 Å². The Balaban J connectivity index is 2.04. The van der Waals surface area contributed by atoms with Crippen molar-refractivity contribution in [2.75, 3.05) is 11.1 Å². The number of pyridine rings is 1. The minimum atomic E-state index is -3.42. The van der Waals surface area contributed by atoms with Gasteiger partial charge in [0.15, 0.2) is 9.84 Å². The second-order valence-electron chi connectivity index (χ2n) is 5.30. The summed E-state index contributed by atoms with van der Waals surface area (Å²) in [6, 6.07) is 9.05. The summed E-state index contributed by atoms with van der Waals surface area (Å²) < 4.78 is 24.7. The molecule has 1 N–H and O–H groups in total. The lowest BCUT2D eigenvalue weighted by molar-refractivity contribution is -0.385. The predicted molar refractivity (Wildman–Crippen MR) is 87.2 cm³/mol. The fourth-order valence-corrected chi connectivity index (χ4v) is 3.53. The zero-order chi connectivity index (χ0) is 17.0. The summed E-state index contributed by atoms with van der Waals surface area (Å²) in [5.41, 5.74) is 0.876. The van der Waals surface area contributed by atoms with Gasteiger partial charge in [-0.2, -0.15) is 0 Å². The van der Waals surface area contributed by atoms with E-state index in [-0.39, 0.29) is 16.3 Å². The number of anilines is 1. The number of aromatic nitrogens is 1. The lowest BCUT2D eigenvalue weighted by Gasteiger charge is -2.14. The summed E-state index contributed by atoms with van der Waals surface area (Å²) in [6.45, 7) is 3.61. The summed E-state index contributed by atoms with van der Waals surface area (Å²) in [4.78, 5) is 14.2. The molecule has 0 spiro atoms. The van der Waals surface area contributed by atoms with Gasteiger partial charge in [0.1, 0.15) is 12.0 Å². The highest BCUT2D eigenvalue weighted by atomic mass is 32.2. The van der Waals surface area contributed by atoms with Crippen molar-refractivity contribution in [1.29, 1.82) is 0 Å². The Morgan fingerprint density at radius 3 is 2.39 bits per heavy atom. The highest BCUT2D eigenvalue weighted by Crippen LogP contribution is 2.16. The van der Waals surface area contributed by atoms with Crippen molar-refractivity contribution in [3.05, 3.63) is 58.3 Å². The molecule has 1 atom stereocenters. The third-order valence-corrected chi connectivity index (χ3v) is 5.13. The lowest BCUT2D eigenvalue weighted by Crippen LogP contribution is -2.26. The maximum absolute atomic E-state index is 12.3.